The Hall–Kier alpha value is -1.24. The summed E-state index contributed by atoms with van der Waals surface area (Å²) in [5, 5.41) is 0. The molecule has 0 radical (unpaired) electrons. The maximum absolute atomic E-state index is 12.1. The number of nitrogens with two attached hydrogens (primary N) is 1. The molecule has 1 atom stereocenters. The fraction of sp³-hybridized carbons (Fsp3) is 0.750. The minimum Gasteiger partial charge on any atom is -0.467 e. The van der Waals surface area contributed by atoms with Gasteiger partial charge in [-0.05, 0) is 19.3 Å². The molecule has 1 aliphatic rings. The smallest absolute Gasteiger partial charge is 0.328 e. The van der Waals surface area contributed by atoms with Gasteiger partial charge in [-0.2, -0.15) is 11.8 Å². The van der Waals surface area contributed by atoms with Crippen molar-refractivity contribution in [2.24, 2.45) is 5.73 Å². The van der Waals surface area contributed by atoms with E-state index in [1.165, 1.54) is 18.9 Å². The largest absolute Gasteiger partial charge is 0.467 e. The van der Waals surface area contributed by atoms with E-state index in [1.54, 1.807) is 4.90 Å². The first-order valence-corrected chi connectivity index (χ1v) is 7.45. The van der Waals surface area contributed by atoms with Gasteiger partial charge in [-0.25, -0.2) is 4.79 Å². The SMILES string of the molecule is COC(=O)C1CCCCN1C(=O)CCSCC(N)=O. The number of rotatable bonds is 6. The van der Waals surface area contributed by atoms with E-state index in [0.717, 1.165) is 12.8 Å². The molecule has 1 unspecified atom stereocenters. The number of primary amides is 1. The van der Waals surface area contributed by atoms with Crippen molar-refractivity contribution >= 4 is 29.5 Å². The summed E-state index contributed by atoms with van der Waals surface area (Å²) in [7, 11) is 1.34. The van der Waals surface area contributed by atoms with Crippen molar-refractivity contribution < 1.29 is 19.1 Å². The lowest BCUT2D eigenvalue weighted by Gasteiger charge is -2.33. The fourth-order valence-corrected chi connectivity index (χ4v) is 2.75. The lowest BCUT2D eigenvalue weighted by atomic mass is 10.0. The van der Waals surface area contributed by atoms with Crippen LogP contribution in [0, 0.1) is 0 Å². The first kappa shape index (κ1) is 15.8. The molecule has 0 aliphatic carbocycles. The standard InChI is InChI=1S/C12H20N2O4S/c1-18-12(17)9-4-2-3-6-14(9)11(16)5-7-19-8-10(13)15/h9H,2-8H2,1H3,(H2,13,15). The number of carbonyl (C=O) groups is 3. The molecule has 19 heavy (non-hydrogen) atoms. The van der Waals surface area contributed by atoms with Gasteiger partial charge in [0.1, 0.15) is 6.04 Å². The molecule has 7 heteroatoms. The molecule has 0 spiro atoms. The Morgan fingerprint density at radius 2 is 2.11 bits per heavy atom. The van der Waals surface area contributed by atoms with Crippen LogP contribution < -0.4 is 5.73 Å². The van der Waals surface area contributed by atoms with Crippen molar-refractivity contribution in [1.29, 1.82) is 0 Å². The molecule has 0 bridgehead atoms. The Morgan fingerprint density at radius 3 is 2.74 bits per heavy atom. The molecule has 0 saturated carbocycles. The monoisotopic (exact) mass is 288 g/mol. The van der Waals surface area contributed by atoms with Crippen LogP contribution in [0.15, 0.2) is 0 Å². The number of likely N-dealkylation sites (tertiary alicyclic amines) is 1. The Balaban J connectivity index is 2.43. The molecular weight excluding hydrogens is 268 g/mol. The van der Waals surface area contributed by atoms with Crippen LogP contribution >= 0.6 is 11.8 Å². The van der Waals surface area contributed by atoms with Gasteiger partial charge < -0.3 is 15.4 Å². The lowest BCUT2D eigenvalue weighted by molar-refractivity contribution is -0.154. The second-order valence-corrected chi connectivity index (χ2v) is 5.50. The Morgan fingerprint density at radius 1 is 1.37 bits per heavy atom. The highest BCUT2D eigenvalue weighted by atomic mass is 32.2. The molecule has 0 aromatic carbocycles. The summed E-state index contributed by atoms with van der Waals surface area (Å²) < 4.78 is 4.73. The quantitative estimate of drug-likeness (QED) is 0.555. The van der Waals surface area contributed by atoms with Gasteiger partial charge in [-0.3, -0.25) is 9.59 Å². The van der Waals surface area contributed by atoms with Gasteiger partial charge in [0.15, 0.2) is 0 Å². The summed E-state index contributed by atoms with van der Waals surface area (Å²) in [6.45, 7) is 0.596. The van der Waals surface area contributed by atoms with Crippen LogP contribution in [0.25, 0.3) is 0 Å². The van der Waals surface area contributed by atoms with Crippen LogP contribution in [0.5, 0.6) is 0 Å². The molecule has 0 aromatic heterocycles. The van der Waals surface area contributed by atoms with Crippen molar-refractivity contribution in [1.82, 2.24) is 4.90 Å². The average molecular weight is 288 g/mol. The summed E-state index contributed by atoms with van der Waals surface area (Å²) in [6.07, 6.45) is 2.81. The molecule has 6 nitrogen and oxygen atoms in total. The van der Waals surface area contributed by atoms with Gasteiger partial charge in [-0.15, -0.1) is 0 Å². The van der Waals surface area contributed by atoms with Crippen LogP contribution in [0.3, 0.4) is 0 Å². The molecule has 1 rings (SSSR count). The number of esters is 1. The minimum atomic E-state index is -0.451. The van der Waals surface area contributed by atoms with Gasteiger partial charge in [0.25, 0.3) is 0 Å². The summed E-state index contributed by atoms with van der Waals surface area (Å²) in [4.78, 5) is 35.8. The summed E-state index contributed by atoms with van der Waals surface area (Å²) in [6, 6.07) is -0.451. The van der Waals surface area contributed by atoms with E-state index in [9.17, 15) is 14.4 Å². The van der Waals surface area contributed by atoms with E-state index in [1.807, 2.05) is 0 Å². The molecular formula is C12H20N2O4S. The van der Waals surface area contributed by atoms with E-state index in [2.05, 4.69) is 0 Å². The van der Waals surface area contributed by atoms with Crippen LogP contribution in [-0.4, -0.2) is 53.9 Å². The Labute approximate surface area is 117 Å². The van der Waals surface area contributed by atoms with E-state index in [-0.39, 0.29) is 23.5 Å². The number of ether oxygens (including phenoxy) is 1. The highest BCUT2D eigenvalue weighted by molar-refractivity contribution is 7.99. The first-order chi connectivity index (χ1) is 9.06. The molecule has 1 heterocycles. The highest BCUT2D eigenvalue weighted by Gasteiger charge is 2.32. The van der Waals surface area contributed by atoms with Crippen LogP contribution in [0.1, 0.15) is 25.7 Å². The van der Waals surface area contributed by atoms with E-state index in [0.29, 0.717) is 25.1 Å². The Bertz CT molecular complexity index is 349. The second-order valence-electron chi connectivity index (χ2n) is 4.39. The van der Waals surface area contributed by atoms with Gasteiger partial charge in [-0.1, -0.05) is 0 Å². The molecule has 0 aromatic rings. The zero-order valence-electron chi connectivity index (χ0n) is 11.1. The molecule has 2 N–H and O–H groups in total. The second kappa shape index (κ2) is 8.04. The van der Waals surface area contributed by atoms with Crippen molar-refractivity contribution in [2.45, 2.75) is 31.7 Å². The van der Waals surface area contributed by atoms with Gasteiger partial charge >= 0.3 is 5.97 Å². The van der Waals surface area contributed by atoms with Crippen molar-refractivity contribution in [3.05, 3.63) is 0 Å². The zero-order chi connectivity index (χ0) is 14.3. The number of carbonyl (C=O) groups excluding carboxylic acids is 3. The highest BCUT2D eigenvalue weighted by Crippen LogP contribution is 2.19. The number of methoxy groups -OCH3 is 1. The average Bonchev–Trinajstić information content (AvgIpc) is 2.42. The fourth-order valence-electron chi connectivity index (χ4n) is 2.09. The number of amides is 2. The van der Waals surface area contributed by atoms with Crippen molar-refractivity contribution in [3.63, 3.8) is 0 Å². The number of thioether (sulfide) groups is 1. The van der Waals surface area contributed by atoms with Crippen LogP contribution in [-0.2, 0) is 19.1 Å². The molecule has 1 saturated heterocycles. The van der Waals surface area contributed by atoms with Gasteiger partial charge in [0.2, 0.25) is 11.8 Å². The predicted octanol–water partition coefficient (Wildman–Crippen LogP) is 0.149. The summed E-state index contributed by atoms with van der Waals surface area (Å²) in [5.74, 6) is -0.0485. The number of hydrogen-bond donors (Lipinski definition) is 1. The first-order valence-electron chi connectivity index (χ1n) is 6.29. The van der Waals surface area contributed by atoms with Gasteiger partial charge in [0, 0.05) is 18.7 Å². The van der Waals surface area contributed by atoms with E-state index in [4.69, 9.17) is 10.5 Å². The van der Waals surface area contributed by atoms with E-state index >= 15 is 0 Å². The lowest BCUT2D eigenvalue weighted by Crippen LogP contribution is -2.48. The van der Waals surface area contributed by atoms with Crippen molar-refractivity contribution in [2.75, 3.05) is 25.2 Å². The molecule has 108 valence electrons. The van der Waals surface area contributed by atoms with Crippen LogP contribution in [0.2, 0.25) is 0 Å². The zero-order valence-corrected chi connectivity index (χ0v) is 11.9. The number of piperidine rings is 1. The maximum atomic E-state index is 12.1. The third kappa shape index (κ3) is 5.10. The van der Waals surface area contributed by atoms with Crippen molar-refractivity contribution in [3.8, 4) is 0 Å². The number of nitrogens with zero attached hydrogens (tertiary/aromatic N) is 1. The predicted molar refractivity (Wildman–Crippen MR) is 72.5 cm³/mol. The number of hydrogen-bond acceptors (Lipinski definition) is 5. The van der Waals surface area contributed by atoms with Gasteiger partial charge in [0.05, 0.1) is 12.9 Å². The Kier molecular flexibility index (Phi) is 6.69. The molecule has 1 aliphatic heterocycles. The van der Waals surface area contributed by atoms with Crippen LogP contribution in [0.4, 0.5) is 0 Å². The minimum absolute atomic E-state index is 0.0629. The topological polar surface area (TPSA) is 89.7 Å². The normalized spacial score (nSPS) is 19.0. The molecule has 1 fully saturated rings. The third-order valence-electron chi connectivity index (χ3n) is 3.00. The van der Waals surface area contributed by atoms with E-state index < -0.39 is 6.04 Å². The summed E-state index contributed by atoms with van der Waals surface area (Å²) >= 11 is 1.33. The third-order valence-corrected chi connectivity index (χ3v) is 3.98. The maximum Gasteiger partial charge on any atom is 0.328 e. The molecule has 2 amide bonds. The summed E-state index contributed by atoms with van der Waals surface area (Å²) in [5.41, 5.74) is 5.02.